The van der Waals surface area contributed by atoms with Gasteiger partial charge in [-0.2, -0.15) is 4.99 Å². The Morgan fingerprint density at radius 1 is 1.36 bits per heavy atom. The van der Waals surface area contributed by atoms with E-state index >= 15 is 0 Å². The summed E-state index contributed by atoms with van der Waals surface area (Å²) in [7, 11) is 3.42. The summed E-state index contributed by atoms with van der Waals surface area (Å²) in [4.78, 5) is 16.7. The number of rotatable bonds is 6. The minimum Gasteiger partial charge on any atom is -0.493 e. The van der Waals surface area contributed by atoms with Crippen LogP contribution in [0.15, 0.2) is 45.4 Å². The predicted octanol–water partition coefficient (Wildman–Crippen LogP) is 3.42. The molecule has 3 aromatic rings. The van der Waals surface area contributed by atoms with E-state index < -0.39 is 0 Å². The van der Waals surface area contributed by atoms with E-state index in [1.54, 1.807) is 29.9 Å². The number of ether oxygens (including phenoxy) is 2. The molecule has 8 heteroatoms. The fraction of sp³-hybridized carbons (Fsp3) is 0.250. The highest BCUT2D eigenvalue weighted by molar-refractivity contribution is 7.07. The standard InChI is InChI=1S/C20H21N3O4S/c1-13-16(14(2)27-22-13)12-26-17-7-5-15(11-18(17)25-4)6-8-19(24)21-20-23(3)9-10-28-20/h5-11H,12H2,1-4H3/b8-6+,21-20?. The third kappa shape index (κ3) is 4.58. The van der Waals surface area contributed by atoms with Crippen molar-refractivity contribution < 1.29 is 18.8 Å². The summed E-state index contributed by atoms with van der Waals surface area (Å²) in [5, 5.41) is 5.80. The van der Waals surface area contributed by atoms with Crippen molar-refractivity contribution in [3.05, 3.63) is 63.2 Å². The number of carbonyl (C=O) groups is 1. The van der Waals surface area contributed by atoms with Crippen LogP contribution in [0.5, 0.6) is 11.5 Å². The first-order chi connectivity index (χ1) is 13.5. The normalized spacial score (nSPS) is 11.9. The van der Waals surface area contributed by atoms with Gasteiger partial charge in [-0.05, 0) is 37.6 Å². The summed E-state index contributed by atoms with van der Waals surface area (Å²) in [6.45, 7) is 4.06. The van der Waals surface area contributed by atoms with Gasteiger partial charge in [0.25, 0.3) is 5.91 Å². The molecule has 7 nitrogen and oxygen atoms in total. The second-order valence-corrected chi connectivity index (χ2v) is 6.95. The van der Waals surface area contributed by atoms with Crippen molar-refractivity contribution in [3.63, 3.8) is 0 Å². The van der Waals surface area contributed by atoms with Gasteiger partial charge in [0.15, 0.2) is 16.3 Å². The molecule has 0 aliphatic heterocycles. The highest BCUT2D eigenvalue weighted by atomic mass is 32.1. The van der Waals surface area contributed by atoms with Gasteiger partial charge < -0.3 is 18.6 Å². The molecular formula is C20H21N3O4S. The molecule has 0 radical (unpaired) electrons. The Morgan fingerprint density at radius 2 is 2.18 bits per heavy atom. The van der Waals surface area contributed by atoms with Crippen molar-refractivity contribution >= 4 is 23.3 Å². The molecule has 2 heterocycles. The van der Waals surface area contributed by atoms with Crippen molar-refractivity contribution in [2.75, 3.05) is 7.11 Å². The van der Waals surface area contributed by atoms with Gasteiger partial charge >= 0.3 is 0 Å². The van der Waals surface area contributed by atoms with Crippen LogP contribution in [0.4, 0.5) is 0 Å². The van der Waals surface area contributed by atoms with Gasteiger partial charge in [-0.1, -0.05) is 11.2 Å². The average molecular weight is 399 g/mol. The minimum atomic E-state index is -0.323. The zero-order chi connectivity index (χ0) is 20.1. The molecule has 0 unspecified atom stereocenters. The van der Waals surface area contributed by atoms with E-state index in [9.17, 15) is 4.79 Å². The molecule has 0 aliphatic carbocycles. The quantitative estimate of drug-likeness (QED) is 0.594. The Bertz CT molecular complexity index is 1060. The number of nitrogens with zero attached hydrogens (tertiary/aromatic N) is 3. The second-order valence-electron chi connectivity index (χ2n) is 6.08. The zero-order valence-electron chi connectivity index (χ0n) is 16.1. The summed E-state index contributed by atoms with van der Waals surface area (Å²) >= 11 is 1.41. The third-order valence-electron chi connectivity index (χ3n) is 4.12. The molecule has 0 fully saturated rings. The number of aryl methyl sites for hydroxylation is 3. The maximum absolute atomic E-state index is 12.0. The molecule has 0 saturated heterocycles. The first-order valence-electron chi connectivity index (χ1n) is 8.57. The summed E-state index contributed by atoms with van der Waals surface area (Å²) < 4.78 is 18.2. The molecule has 0 spiro atoms. The smallest absolute Gasteiger partial charge is 0.272 e. The van der Waals surface area contributed by atoms with Gasteiger partial charge in [-0.3, -0.25) is 4.79 Å². The lowest BCUT2D eigenvalue weighted by Crippen LogP contribution is -2.11. The SMILES string of the molecule is COc1cc(/C=C/C(=O)N=c2sccn2C)ccc1OCc1c(C)noc1C. The molecule has 1 aromatic carbocycles. The van der Waals surface area contributed by atoms with E-state index in [1.165, 1.54) is 17.4 Å². The Balaban J connectivity index is 1.72. The van der Waals surface area contributed by atoms with Crippen molar-refractivity contribution in [2.45, 2.75) is 20.5 Å². The van der Waals surface area contributed by atoms with Crippen LogP contribution in [-0.2, 0) is 18.4 Å². The minimum absolute atomic E-state index is 0.323. The van der Waals surface area contributed by atoms with Crippen LogP contribution >= 0.6 is 11.3 Å². The highest BCUT2D eigenvalue weighted by Gasteiger charge is 2.11. The summed E-state index contributed by atoms with van der Waals surface area (Å²) in [5.74, 6) is 1.58. The van der Waals surface area contributed by atoms with Gasteiger partial charge in [0.1, 0.15) is 12.4 Å². The van der Waals surface area contributed by atoms with E-state index in [-0.39, 0.29) is 5.91 Å². The third-order valence-corrected chi connectivity index (χ3v) is 4.97. The fourth-order valence-electron chi connectivity index (χ4n) is 2.50. The number of carbonyl (C=O) groups excluding carboxylic acids is 1. The Kier molecular flexibility index (Phi) is 6.10. The molecular weight excluding hydrogens is 378 g/mol. The van der Waals surface area contributed by atoms with Crippen LogP contribution in [0.1, 0.15) is 22.6 Å². The first-order valence-corrected chi connectivity index (χ1v) is 9.45. The van der Waals surface area contributed by atoms with Crippen LogP contribution in [0, 0.1) is 13.8 Å². The van der Waals surface area contributed by atoms with E-state index in [1.807, 2.05) is 38.5 Å². The predicted molar refractivity (Wildman–Crippen MR) is 106 cm³/mol. The lowest BCUT2D eigenvalue weighted by molar-refractivity contribution is -0.113. The van der Waals surface area contributed by atoms with Crippen LogP contribution in [0.2, 0.25) is 0 Å². The van der Waals surface area contributed by atoms with E-state index in [2.05, 4.69) is 10.1 Å². The second kappa shape index (κ2) is 8.71. The molecule has 146 valence electrons. The lowest BCUT2D eigenvalue weighted by Gasteiger charge is -2.11. The molecule has 0 atom stereocenters. The van der Waals surface area contributed by atoms with Crippen LogP contribution < -0.4 is 14.3 Å². The fourth-order valence-corrected chi connectivity index (χ4v) is 3.23. The number of methoxy groups -OCH3 is 1. The summed E-state index contributed by atoms with van der Waals surface area (Å²) in [6, 6.07) is 5.45. The molecule has 0 N–H and O–H groups in total. The lowest BCUT2D eigenvalue weighted by atomic mass is 10.2. The number of hydrogen-bond donors (Lipinski definition) is 0. The van der Waals surface area contributed by atoms with Crippen LogP contribution in [-0.4, -0.2) is 22.7 Å². The molecule has 0 bridgehead atoms. The van der Waals surface area contributed by atoms with Crippen molar-refractivity contribution in [1.82, 2.24) is 9.72 Å². The maximum Gasteiger partial charge on any atom is 0.272 e. The molecule has 3 rings (SSSR count). The van der Waals surface area contributed by atoms with Gasteiger partial charge in [-0.25, -0.2) is 0 Å². The number of hydrogen-bond acceptors (Lipinski definition) is 6. The number of thiazole rings is 1. The van der Waals surface area contributed by atoms with Gasteiger partial charge in [0.05, 0.1) is 18.4 Å². The molecule has 0 aliphatic rings. The van der Waals surface area contributed by atoms with Gasteiger partial charge in [0.2, 0.25) is 0 Å². The van der Waals surface area contributed by atoms with Crippen LogP contribution in [0.25, 0.3) is 6.08 Å². The van der Waals surface area contributed by atoms with E-state index in [4.69, 9.17) is 14.0 Å². The largest absolute Gasteiger partial charge is 0.493 e. The summed E-state index contributed by atoms with van der Waals surface area (Å²) in [5.41, 5.74) is 2.53. The Labute approximate surface area is 166 Å². The monoisotopic (exact) mass is 399 g/mol. The van der Waals surface area contributed by atoms with Gasteiger partial charge in [0, 0.05) is 24.7 Å². The van der Waals surface area contributed by atoms with E-state index in [0.29, 0.717) is 22.9 Å². The molecule has 0 saturated carbocycles. The zero-order valence-corrected chi connectivity index (χ0v) is 16.9. The topological polar surface area (TPSA) is 78.8 Å². The van der Waals surface area contributed by atoms with Crippen molar-refractivity contribution in [1.29, 1.82) is 0 Å². The first kappa shape index (κ1) is 19.6. The van der Waals surface area contributed by atoms with Crippen molar-refractivity contribution in [2.24, 2.45) is 12.0 Å². The van der Waals surface area contributed by atoms with Gasteiger partial charge in [-0.15, -0.1) is 11.3 Å². The Morgan fingerprint density at radius 3 is 2.82 bits per heavy atom. The van der Waals surface area contributed by atoms with Crippen LogP contribution in [0.3, 0.4) is 0 Å². The number of benzene rings is 1. The summed E-state index contributed by atoms with van der Waals surface area (Å²) in [6.07, 6.45) is 4.98. The highest BCUT2D eigenvalue weighted by Crippen LogP contribution is 2.30. The Hall–Kier alpha value is -3.13. The number of aromatic nitrogens is 2. The maximum atomic E-state index is 12.0. The number of amides is 1. The van der Waals surface area contributed by atoms with E-state index in [0.717, 1.165) is 22.6 Å². The molecule has 1 amide bonds. The van der Waals surface area contributed by atoms with Crippen molar-refractivity contribution in [3.8, 4) is 11.5 Å². The average Bonchev–Trinajstić information content (AvgIpc) is 3.23. The molecule has 2 aromatic heterocycles. The molecule has 28 heavy (non-hydrogen) atoms.